The first-order valence-electron chi connectivity index (χ1n) is 6.86. The maximum atomic E-state index is 12.6. The number of anilines is 1. The van der Waals surface area contributed by atoms with Crippen molar-refractivity contribution in [1.29, 1.82) is 0 Å². The van der Waals surface area contributed by atoms with E-state index >= 15 is 0 Å². The van der Waals surface area contributed by atoms with E-state index in [2.05, 4.69) is 9.97 Å². The normalized spacial score (nSPS) is 11.3. The summed E-state index contributed by atoms with van der Waals surface area (Å²) in [5, 5.41) is 0. The highest BCUT2D eigenvalue weighted by atomic mass is 32.2. The number of sulfone groups is 1. The highest BCUT2D eigenvalue weighted by Crippen LogP contribution is 2.20. The number of amides is 1. The fourth-order valence-corrected chi connectivity index (χ4v) is 3.31. The van der Waals surface area contributed by atoms with Gasteiger partial charge in [0.2, 0.25) is 0 Å². The largest absolute Gasteiger partial charge is 0.294 e. The number of pyridine rings is 2. The molecule has 0 N–H and O–H groups in total. The van der Waals surface area contributed by atoms with Gasteiger partial charge in [0, 0.05) is 24.3 Å². The van der Waals surface area contributed by atoms with Crippen LogP contribution >= 0.6 is 11.8 Å². The van der Waals surface area contributed by atoms with E-state index in [4.69, 9.17) is 0 Å². The molecule has 0 saturated heterocycles. The molecule has 122 valence electrons. The first-order chi connectivity index (χ1) is 10.9. The molecule has 0 bridgehead atoms. The Morgan fingerprint density at radius 1 is 1.26 bits per heavy atom. The van der Waals surface area contributed by atoms with E-state index < -0.39 is 15.7 Å². The van der Waals surface area contributed by atoms with Crippen LogP contribution in [-0.2, 0) is 9.84 Å². The van der Waals surface area contributed by atoms with Crippen LogP contribution in [0.5, 0.6) is 0 Å². The quantitative estimate of drug-likeness (QED) is 0.769. The standard InChI is InChI=1S/C15H17N3O3S2/c1-4-23(20,21)12-6-5-9-16-14(12)15(19)18(2)13-8-7-11(22-3)10-17-13/h5-10H,4H2,1-3H3. The highest BCUT2D eigenvalue weighted by Gasteiger charge is 2.25. The van der Waals surface area contributed by atoms with Crippen LogP contribution in [0.1, 0.15) is 17.4 Å². The summed E-state index contributed by atoms with van der Waals surface area (Å²) < 4.78 is 24.3. The molecular weight excluding hydrogens is 334 g/mol. The van der Waals surface area contributed by atoms with Crippen molar-refractivity contribution in [2.75, 3.05) is 24.0 Å². The first kappa shape index (κ1) is 17.4. The lowest BCUT2D eigenvalue weighted by molar-refractivity contribution is 0.0984. The van der Waals surface area contributed by atoms with Gasteiger partial charge in [-0.05, 0) is 30.5 Å². The van der Waals surface area contributed by atoms with Crippen LogP contribution in [0.25, 0.3) is 0 Å². The Hall–Kier alpha value is -1.93. The summed E-state index contributed by atoms with van der Waals surface area (Å²) in [6.45, 7) is 1.53. The zero-order valence-electron chi connectivity index (χ0n) is 13.1. The molecular formula is C15H17N3O3S2. The highest BCUT2D eigenvalue weighted by molar-refractivity contribution is 7.98. The van der Waals surface area contributed by atoms with E-state index in [1.165, 1.54) is 30.2 Å². The van der Waals surface area contributed by atoms with Gasteiger partial charge >= 0.3 is 0 Å². The zero-order chi connectivity index (χ0) is 17.0. The number of carbonyl (C=O) groups is 1. The van der Waals surface area contributed by atoms with Crippen LogP contribution < -0.4 is 4.90 Å². The van der Waals surface area contributed by atoms with Crippen LogP contribution in [0.3, 0.4) is 0 Å². The van der Waals surface area contributed by atoms with Crippen molar-refractivity contribution in [3.63, 3.8) is 0 Å². The van der Waals surface area contributed by atoms with Crippen molar-refractivity contribution >= 4 is 33.3 Å². The van der Waals surface area contributed by atoms with Crippen LogP contribution in [0.2, 0.25) is 0 Å². The van der Waals surface area contributed by atoms with E-state index in [0.29, 0.717) is 5.82 Å². The number of rotatable bonds is 5. The maximum absolute atomic E-state index is 12.6. The fourth-order valence-electron chi connectivity index (χ4n) is 1.91. The van der Waals surface area contributed by atoms with Gasteiger partial charge in [-0.3, -0.25) is 9.69 Å². The van der Waals surface area contributed by atoms with Crippen LogP contribution in [0, 0.1) is 0 Å². The predicted molar refractivity (Wildman–Crippen MR) is 90.7 cm³/mol. The van der Waals surface area contributed by atoms with Crippen molar-refractivity contribution in [2.45, 2.75) is 16.7 Å². The molecule has 0 atom stereocenters. The van der Waals surface area contributed by atoms with Gasteiger partial charge in [-0.2, -0.15) is 0 Å². The summed E-state index contributed by atoms with van der Waals surface area (Å²) in [5.41, 5.74) is -0.0902. The lowest BCUT2D eigenvalue weighted by Gasteiger charge is -2.17. The van der Waals surface area contributed by atoms with Crippen molar-refractivity contribution in [1.82, 2.24) is 9.97 Å². The Bertz CT molecular complexity index is 805. The fraction of sp³-hybridized carbons (Fsp3) is 0.267. The van der Waals surface area contributed by atoms with Crippen LogP contribution in [0.4, 0.5) is 5.82 Å². The van der Waals surface area contributed by atoms with Gasteiger partial charge in [0.05, 0.1) is 10.6 Å². The van der Waals surface area contributed by atoms with E-state index in [0.717, 1.165) is 4.90 Å². The third-order valence-electron chi connectivity index (χ3n) is 3.29. The Balaban J connectivity index is 2.40. The van der Waals surface area contributed by atoms with Crippen LogP contribution in [-0.4, -0.2) is 43.3 Å². The van der Waals surface area contributed by atoms with Crippen molar-refractivity contribution in [3.8, 4) is 0 Å². The van der Waals surface area contributed by atoms with Crippen molar-refractivity contribution in [3.05, 3.63) is 42.4 Å². The predicted octanol–water partition coefficient (Wildman–Crippen LogP) is 2.27. The minimum Gasteiger partial charge on any atom is -0.294 e. The molecule has 8 heteroatoms. The molecule has 0 unspecified atom stereocenters. The second-order valence-corrected chi connectivity index (χ2v) is 7.80. The van der Waals surface area contributed by atoms with E-state index in [9.17, 15) is 13.2 Å². The summed E-state index contributed by atoms with van der Waals surface area (Å²) in [6, 6.07) is 6.46. The maximum Gasteiger partial charge on any atom is 0.279 e. The van der Waals surface area contributed by atoms with Gasteiger partial charge in [-0.1, -0.05) is 6.92 Å². The topological polar surface area (TPSA) is 80.2 Å². The molecule has 0 spiro atoms. The van der Waals surface area contributed by atoms with Gasteiger partial charge in [-0.25, -0.2) is 18.4 Å². The number of hydrogen-bond acceptors (Lipinski definition) is 6. The molecule has 6 nitrogen and oxygen atoms in total. The molecule has 2 aromatic heterocycles. The molecule has 1 amide bonds. The second kappa shape index (κ2) is 7.10. The molecule has 0 aliphatic rings. The first-order valence-corrected chi connectivity index (χ1v) is 9.74. The molecule has 0 aliphatic carbocycles. The van der Waals surface area contributed by atoms with Crippen molar-refractivity contribution < 1.29 is 13.2 Å². The summed E-state index contributed by atoms with van der Waals surface area (Å²) >= 11 is 1.55. The lowest BCUT2D eigenvalue weighted by atomic mass is 10.3. The average Bonchev–Trinajstić information content (AvgIpc) is 2.60. The average molecular weight is 351 g/mol. The lowest BCUT2D eigenvalue weighted by Crippen LogP contribution is -2.29. The van der Waals surface area contributed by atoms with E-state index in [1.807, 2.05) is 12.3 Å². The van der Waals surface area contributed by atoms with Crippen LogP contribution in [0.15, 0.2) is 46.5 Å². The monoisotopic (exact) mass is 351 g/mol. The molecule has 0 aliphatic heterocycles. The Labute approximate surface area is 139 Å². The molecule has 0 radical (unpaired) electrons. The molecule has 0 saturated carbocycles. The zero-order valence-corrected chi connectivity index (χ0v) is 14.7. The van der Waals surface area contributed by atoms with Crippen molar-refractivity contribution in [2.24, 2.45) is 0 Å². The number of thioether (sulfide) groups is 1. The summed E-state index contributed by atoms with van der Waals surface area (Å²) in [7, 11) is -1.99. The van der Waals surface area contributed by atoms with Gasteiger partial charge in [-0.15, -0.1) is 11.8 Å². The molecule has 2 aromatic rings. The SMILES string of the molecule is CCS(=O)(=O)c1cccnc1C(=O)N(C)c1ccc(SC)cn1. The Kier molecular flexibility index (Phi) is 5.38. The molecule has 0 fully saturated rings. The van der Waals surface area contributed by atoms with Gasteiger partial charge in [0.25, 0.3) is 5.91 Å². The minimum atomic E-state index is -3.53. The molecule has 23 heavy (non-hydrogen) atoms. The molecule has 2 heterocycles. The number of aromatic nitrogens is 2. The number of hydrogen-bond donors (Lipinski definition) is 0. The van der Waals surface area contributed by atoms with Gasteiger partial charge in [0.1, 0.15) is 11.5 Å². The smallest absolute Gasteiger partial charge is 0.279 e. The third-order valence-corrected chi connectivity index (χ3v) is 5.77. The number of nitrogens with zero attached hydrogens (tertiary/aromatic N) is 3. The second-order valence-electron chi connectivity index (χ2n) is 4.67. The Morgan fingerprint density at radius 3 is 2.57 bits per heavy atom. The molecule has 2 rings (SSSR count). The summed E-state index contributed by atoms with van der Waals surface area (Å²) in [6.07, 6.45) is 4.99. The van der Waals surface area contributed by atoms with Gasteiger partial charge in [0.15, 0.2) is 9.84 Å². The number of carbonyl (C=O) groups excluding carboxylic acids is 1. The van der Waals surface area contributed by atoms with E-state index in [-0.39, 0.29) is 16.3 Å². The minimum absolute atomic E-state index is 0.0555. The summed E-state index contributed by atoms with van der Waals surface area (Å²) in [4.78, 5) is 23.0. The third kappa shape index (κ3) is 3.70. The molecule has 0 aromatic carbocycles. The summed E-state index contributed by atoms with van der Waals surface area (Å²) in [5.74, 6) is -0.177. The Morgan fingerprint density at radius 2 is 2.00 bits per heavy atom. The van der Waals surface area contributed by atoms with Gasteiger partial charge < -0.3 is 0 Å². The van der Waals surface area contributed by atoms with E-state index in [1.54, 1.807) is 31.1 Å².